The molecule has 1 atom stereocenters. The molecule has 4 heteroatoms. The number of hydrogen-bond donors (Lipinski definition) is 1. The molecule has 0 spiro atoms. The van der Waals surface area contributed by atoms with E-state index in [-0.39, 0.29) is 17.8 Å². The number of esters is 1. The number of cyclic esters (lactones) is 1. The van der Waals surface area contributed by atoms with Crippen LogP contribution in [0.4, 0.5) is 0 Å². The van der Waals surface area contributed by atoms with Gasteiger partial charge in [-0.1, -0.05) is 0 Å². The number of fused-ring (bicyclic) bond motifs is 1. The molecule has 0 saturated carbocycles. The van der Waals surface area contributed by atoms with Crippen molar-refractivity contribution in [1.82, 2.24) is 0 Å². The number of rotatable bonds is 1. The summed E-state index contributed by atoms with van der Waals surface area (Å²) >= 11 is 0. The van der Waals surface area contributed by atoms with Gasteiger partial charge >= 0.3 is 5.97 Å². The van der Waals surface area contributed by atoms with E-state index in [0.29, 0.717) is 17.7 Å². The fourth-order valence-corrected chi connectivity index (χ4v) is 1.80. The second-order valence-corrected chi connectivity index (χ2v) is 3.60. The standard InChI is InChI=1S/C11H12O4/c1-6-3-7-4-8(12)5-9(14-2)10(7)11(13)15-6/h4-6,12H,3H2,1-2H3. The lowest BCUT2D eigenvalue weighted by molar-refractivity contribution is 0.0296. The minimum absolute atomic E-state index is 0.104. The van der Waals surface area contributed by atoms with E-state index in [4.69, 9.17) is 9.47 Å². The minimum atomic E-state index is -0.388. The van der Waals surface area contributed by atoms with E-state index >= 15 is 0 Å². The van der Waals surface area contributed by atoms with Crippen molar-refractivity contribution in [3.05, 3.63) is 23.3 Å². The summed E-state index contributed by atoms with van der Waals surface area (Å²) in [4.78, 5) is 11.6. The number of carbonyl (C=O) groups is 1. The topological polar surface area (TPSA) is 55.8 Å². The Morgan fingerprint density at radius 3 is 2.93 bits per heavy atom. The highest BCUT2D eigenvalue weighted by Gasteiger charge is 2.27. The number of ether oxygens (including phenoxy) is 2. The number of phenols is 1. The summed E-state index contributed by atoms with van der Waals surface area (Å²) in [6.45, 7) is 1.82. The summed E-state index contributed by atoms with van der Waals surface area (Å²) in [7, 11) is 1.46. The van der Waals surface area contributed by atoms with Gasteiger partial charge in [0.05, 0.1) is 7.11 Å². The van der Waals surface area contributed by atoms with E-state index in [2.05, 4.69) is 0 Å². The molecule has 2 rings (SSSR count). The van der Waals surface area contributed by atoms with Crippen LogP contribution in [0, 0.1) is 0 Å². The van der Waals surface area contributed by atoms with Crippen molar-refractivity contribution in [3.8, 4) is 11.5 Å². The van der Waals surface area contributed by atoms with E-state index < -0.39 is 0 Å². The first-order valence-corrected chi connectivity index (χ1v) is 4.72. The Bertz CT molecular complexity index is 411. The van der Waals surface area contributed by atoms with E-state index in [9.17, 15) is 9.90 Å². The van der Waals surface area contributed by atoms with Crippen LogP contribution in [-0.4, -0.2) is 24.3 Å². The van der Waals surface area contributed by atoms with E-state index in [1.54, 1.807) is 6.07 Å². The molecular weight excluding hydrogens is 196 g/mol. The van der Waals surface area contributed by atoms with Crippen LogP contribution in [0.25, 0.3) is 0 Å². The lowest BCUT2D eigenvalue weighted by Crippen LogP contribution is -2.25. The maximum absolute atomic E-state index is 11.6. The van der Waals surface area contributed by atoms with Crippen molar-refractivity contribution >= 4 is 5.97 Å². The molecule has 1 heterocycles. The Hall–Kier alpha value is -1.71. The monoisotopic (exact) mass is 208 g/mol. The van der Waals surface area contributed by atoms with Crippen LogP contribution in [-0.2, 0) is 11.2 Å². The van der Waals surface area contributed by atoms with Gasteiger partial charge in [-0.05, 0) is 18.6 Å². The molecule has 1 aromatic carbocycles. The first-order chi connectivity index (χ1) is 7.11. The molecule has 0 aliphatic carbocycles. The highest BCUT2D eigenvalue weighted by Crippen LogP contribution is 2.32. The number of methoxy groups -OCH3 is 1. The fraction of sp³-hybridized carbons (Fsp3) is 0.364. The molecule has 15 heavy (non-hydrogen) atoms. The van der Waals surface area contributed by atoms with Gasteiger partial charge in [-0.15, -0.1) is 0 Å². The normalized spacial score (nSPS) is 19.3. The van der Waals surface area contributed by atoms with Crippen molar-refractivity contribution in [2.24, 2.45) is 0 Å². The quantitative estimate of drug-likeness (QED) is 0.710. The van der Waals surface area contributed by atoms with E-state index in [0.717, 1.165) is 5.56 Å². The largest absolute Gasteiger partial charge is 0.508 e. The van der Waals surface area contributed by atoms with Crippen molar-refractivity contribution in [2.45, 2.75) is 19.4 Å². The van der Waals surface area contributed by atoms with Crippen molar-refractivity contribution in [1.29, 1.82) is 0 Å². The van der Waals surface area contributed by atoms with Crippen molar-refractivity contribution in [2.75, 3.05) is 7.11 Å². The molecule has 80 valence electrons. The van der Waals surface area contributed by atoms with E-state index in [1.807, 2.05) is 6.92 Å². The van der Waals surface area contributed by atoms with Crippen LogP contribution in [0.2, 0.25) is 0 Å². The maximum atomic E-state index is 11.6. The summed E-state index contributed by atoms with van der Waals surface area (Å²) in [6, 6.07) is 2.99. The Morgan fingerprint density at radius 1 is 1.53 bits per heavy atom. The lowest BCUT2D eigenvalue weighted by atomic mass is 9.98. The van der Waals surface area contributed by atoms with Crippen LogP contribution < -0.4 is 4.74 Å². The number of phenolic OH excluding ortho intramolecular Hbond substituents is 1. The van der Waals surface area contributed by atoms with Gasteiger partial charge in [0.2, 0.25) is 0 Å². The summed E-state index contributed by atoms with van der Waals surface area (Å²) in [5, 5.41) is 9.44. The zero-order valence-corrected chi connectivity index (χ0v) is 8.61. The number of aromatic hydroxyl groups is 1. The molecule has 0 saturated heterocycles. The molecule has 1 aliphatic heterocycles. The second kappa shape index (κ2) is 3.46. The second-order valence-electron chi connectivity index (χ2n) is 3.60. The third-order valence-electron chi connectivity index (χ3n) is 2.41. The van der Waals surface area contributed by atoms with Gasteiger partial charge < -0.3 is 14.6 Å². The van der Waals surface area contributed by atoms with E-state index in [1.165, 1.54) is 13.2 Å². The molecular formula is C11H12O4. The SMILES string of the molecule is COc1cc(O)cc2c1C(=O)OC(C)C2. The van der Waals surface area contributed by atoms with Gasteiger partial charge in [-0.3, -0.25) is 0 Å². The minimum Gasteiger partial charge on any atom is -0.508 e. The molecule has 0 amide bonds. The molecule has 0 fully saturated rings. The van der Waals surface area contributed by atoms with Gasteiger partial charge in [0.25, 0.3) is 0 Å². The van der Waals surface area contributed by atoms with Crippen LogP contribution >= 0.6 is 0 Å². The highest BCUT2D eigenvalue weighted by atomic mass is 16.5. The van der Waals surface area contributed by atoms with Crippen LogP contribution in [0.15, 0.2) is 12.1 Å². The molecule has 1 aromatic rings. The smallest absolute Gasteiger partial charge is 0.342 e. The maximum Gasteiger partial charge on any atom is 0.342 e. The average Bonchev–Trinajstić information content (AvgIpc) is 2.14. The summed E-state index contributed by atoms with van der Waals surface area (Å²) in [5.41, 5.74) is 1.20. The van der Waals surface area contributed by atoms with Crippen LogP contribution in [0.5, 0.6) is 11.5 Å². The van der Waals surface area contributed by atoms with Crippen LogP contribution in [0.3, 0.4) is 0 Å². The Labute approximate surface area is 87.4 Å². The predicted octanol–water partition coefficient (Wildman–Crippen LogP) is 1.50. The molecule has 1 aliphatic rings. The number of hydrogen-bond acceptors (Lipinski definition) is 4. The molecule has 1 unspecified atom stereocenters. The molecule has 0 bridgehead atoms. The molecule has 0 aromatic heterocycles. The summed E-state index contributed by atoms with van der Waals surface area (Å²) in [5.74, 6) is 0.0787. The van der Waals surface area contributed by atoms with Crippen molar-refractivity contribution in [3.63, 3.8) is 0 Å². The van der Waals surface area contributed by atoms with Gasteiger partial charge in [-0.25, -0.2) is 4.79 Å². The predicted molar refractivity (Wildman–Crippen MR) is 53.2 cm³/mol. The Kier molecular flexibility index (Phi) is 2.26. The summed E-state index contributed by atoms with van der Waals surface area (Å²) < 4.78 is 10.1. The first kappa shape index (κ1) is 9.83. The fourth-order valence-electron chi connectivity index (χ4n) is 1.80. The van der Waals surface area contributed by atoms with Gasteiger partial charge in [0, 0.05) is 12.5 Å². The molecule has 0 radical (unpaired) electrons. The van der Waals surface area contributed by atoms with Gasteiger partial charge in [0.15, 0.2) is 0 Å². The first-order valence-electron chi connectivity index (χ1n) is 4.72. The van der Waals surface area contributed by atoms with Crippen LogP contribution in [0.1, 0.15) is 22.8 Å². The highest BCUT2D eigenvalue weighted by molar-refractivity contribution is 5.95. The average molecular weight is 208 g/mol. The van der Waals surface area contributed by atoms with Gasteiger partial charge in [-0.2, -0.15) is 0 Å². The Balaban J connectivity index is 2.58. The lowest BCUT2D eigenvalue weighted by Gasteiger charge is -2.23. The Morgan fingerprint density at radius 2 is 2.27 bits per heavy atom. The zero-order chi connectivity index (χ0) is 11.0. The molecule has 1 N–H and O–H groups in total. The zero-order valence-electron chi connectivity index (χ0n) is 8.61. The third-order valence-corrected chi connectivity index (χ3v) is 2.41. The van der Waals surface area contributed by atoms with Crippen molar-refractivity contribution < 1.29 is 19.4 Å². The van der Waals surface area contributed by atoms with Gasteiger partial charge in [0.1, 0.15) is 23.2 Å². The number of benzene rings is 1. The molecule has 4 nitrogen and oxygen atoms in total. The third kappa shape index (κ3) is 1.63. The number of carbonyl (C=O) groups excluding carboxylic acids is 1. The summed E-state index contributed by atoms with van der Waals surface area (Å²) in [6.07, 6.45) is 0.447.